The molecule has 1 heterocycles. The SMILES string of the molecule is O=C(CCC1CCNCC1)NCCSCCCO. The van der Waals surface area contributed by atoms with Gasteiger partial charge in [0.2, 0.25) is 5.91 Å². The van der Waals surface area contributed by atoms with Gasteiger partial charge in [0.1, 0.15) is 0 Å². The molecule has 0 atom stereocenters. The van der Waals surface area contributed by atoms with Gasteiger partial charge in [0, 0.05) is 25.3 Å². The Morgan fingerprint density at radius 2 is 2.11 bits per heavy atom. The van der Waals surface area contributed by atoms with Crippen LogP contribution in [0.1, 0.15) is 32.1 Å². The van der Waals surface area contributed by atoms with Crippen molar-refractivity contribution in [2.45, 2.75) is 32.1 Å². The summed E-state index contributed by atoms with van der Waals surface area (Å²) in [5.41, 5.74) is 0. The molecule has 3 N–H and O–H groups in total. The highest BCUT2D eigenvalue weighted by molar-refractivity contribution is 7.99. The van der Waals surface area contributed by atoms with Crippen LogP contribution in [0.15, 0.2) is 0 Å². The van der Waals surface area contributed by atoms with Gasteiger partial charge in [-0.2, -0.15) is 11.8 Å². The number of nitrogens with one attached hydrogen (secondary N) is 2. The highest BCUT2D eigenvalue weighted by Crippen LogP contribution is 2.17. The lowest BCUT2D eigenvalue weighted by Crippen LogP contribution is -2.30. The van der Waals surface area contributed by atoms with Gasteiger partial charge in [-0.05, 0) is 50.4 Å². The van der Waals surface area contributed by atoms with E-state index in [1.165, 1.54) is 12.8 Å². The average molecular weight is 274 g/mol. The van der Waals surface area contributed by atoms with Gasteiger partial charge in [-0.1, -0.05) is 0 Å². The molecule has 4 nitrogen and oxygen atoms in total. The lowest BCUT2D eigenvalue weighted by molar-refractivity contribution is -0.121. The summed E-state index contributed by atoms with van der Waals surface area (Å²) < 4.78 is 0. The normalized spacial score (nSPS) is 16.7. The largest absolute Gasteiger partial charge is 0.396 e. The number of hydrogen-bond donors (Lipinski definition) is 3. The molecule has 1 saturated heterocycles. The molecule has 1 aliphatic rings. The number of piperidine rings is 1. The predicted molar refractivity (Wildman–Crippen MR) is 76.9 cm³/mol. The van der Waals surface area contributed by atoms with E-state index in [2.05, 4.69) is 10.6 Å². The van der Waals surface area contributed by atoms with E-state index in [1.54, 1.807) is 11.8 Å². The third-order valence-corrected chi connectivity index (χ3v) is 4.32. The van der Waals surface area contributed by atoms with E-state index in [-0.39, 0.29) is 12.5 Å². The van der Waals surface area contributed by atoms with Gasteiger partial charge in [0.05, 0.1) is 0 Å². The van der Waals surface area contributed by atoms with Crippen LogP contribution in [0.4, 0.5) is 0 Å². The zero-order chi connectivity index (χ0) is 13.1. The minimum Gasteiger partial charge on any atom is -0.396 e. The van der Waals surface area contributed by atoms with Crippen LogP contribution >= 0.6 is 11.8 Å². The van der Waals surface area contributed by atoms with Gasteiger partial charge in [0.25, 0.3) is 0 Å². The summed E-state index contributed by atoms with van der Waals surface area (Å²) in [7, 11) is 0. The van der Waals surface area contributed by atoms with Crippen LogP contribution in [-0.4, -0.2) is 48.8 Å². The highest BCUT2D eigenvalue weighted by atomic mass is 32.2. The number of rotatable bonds is 9. The maximum absolute atomic E-state index is 11.6. The second-order valence-electron chi connectivity index (χ2n) is 4.77. The Morgan fingerprint density at radius 3 is 2.83 bits per heavy atom. The Morgan fingerprint density at radius 1 is 1.33 bits per heavy atom. The van der Waals surface area contributed by atoms with Crippen molar-refractivity contribution in [3.63, 3.8) is 0 Å². The first kappa shape index (κ1) is 15.8. The van der Waals surface area contributed by atoms with Gasteiger partial charge in [-0.15, -0.1) is 0 Å². The van der Waals surface area contributed by atoms with Crippen molar-refractivity contribution < 1.29 is 9.90 Å². The zero-order valence-corrected chi connectivity index (χ0v) is 11.9. The molecule has 0 saturated carbocycles. The molecule has 1 rings (SSSR count). The maximum atomic E-state index is 11.6. The maximum Gasteiger partial charge on any atom is 0.220 e. The molecule has 0 spiro atoms. The molecule has 0 bridgehead atoms. The molecule has 0 unspecified atom stereocenters. The molecule has 0 aliphatic carbocycles. The molecule has 5 heteroatoms. The predicted octanol–water partition coefficient (Wildman–Crippen LogP) is 0.998. The monoisotopic (exact) mass is 274 g/mol. The van der Waals surface area contributed by atoms with E-state index < -0.39 is 0 Å². The minimum absolute atomic E-state index is 0.191. The third kappa shape index (κ3) is 7.95. The van der Waals surface area contributed by atoms with Crippen molar-refractivity contribution in [1.29, 1.82) is 0 Å². The minimum atomic E-state index is 0.191. The topological polar surface area (TPSA) is 61.4 Å². The van der Waals surface area contributed by atoms with Crippen LogP contribution < -0.4 is 10.6 Å². The number of thioether (sulfide) groups is 1. The first-order valence-corrected chi connectivity index (χ1v) is 8.14. The van der Waals surface area contributed by atoms with Crippen LogP contribution in [0.5, 0.6) is 0 Å². The van der Waals surface area contributed by atoms with Crippen molar-refractivity contribution in [2.75, 3.05) is 37.7 Å². The van der Waals surface area contributed by atoms with E-state index in [4.69, 9.17) is 5.11 Å². The van der Waals surface area contributed by atoms with Crippen LogP contribution in [0.25, 0.3) is 0 Å². The summed E-state index contributed by atoms with van der Waals surface area (Å²) in [5.74, 6) is 2.84. The van der Waals surface area contributed by atoms with Crippen LogP contribution in [0.2, 0.25) is 0 Å². The van der Waals surface area contributed by atoms with E-state index in [9.17, 15) is 4.79 Å². The van der Waals surface area contributed by atoms with Gasteiger partial charge >= 0.3 is 0 Å². The van der Waals surface area contributed by atoms with Crippen molar-refractivity contribution in [2.24, 2.45) is 5.92 Å². The second kappa shape index (κ2) is 10.6. The van der Waals surface area contributed by atoms with Gasteiger partial charge in [-0.3, -0.25) is 4.79 Å². The van der Waals surface area contributed by atoms with E-state index in [1.807, 2.05) is 0 Å². The summed E-state index contributed by atoms with van der Waals surface area (Å²) in [6, 6.07) is 0. The van der Waals surface area contributed by atoms with Crippen molar-refractivity contribution in [3.05, 3.63) is 0 Å². The molecular weight excluding hydrogens is 248 g/mol. The number of amides is 1. The van der Waals surface area contributed by atoms with E-state index >= 15 is 0 Å². The quantitative estimate of drug-likeness (QED) is 0.549. The van der Waals surface area contributed by atoms with Gasteiger partial charge in [-0.25, -0.2) is 0 Å². The van der Waals surface area contributed by atoms with Crippen LogP contribution in [0.3, 0.4) is 0 Å². The summed E-state index contributed by atoms with van der Waals surface area (Å²) >= 11 is 1.78. The van der Waals surface area contributed by atoms with Crippen molar-refractivity contribution in [1.82, 2.24) is 10.6 Å². The molecule has 0 aromatic heterocycles. The molecule has 1 fully saturated rings. The molecule has 0 radical (unpaired) electrons. The van der Waals surface area contributed by atoms with Crippen LogP contribution in [-0.2, 0) is 4.79 Å². The molecule has 0 aromatic rings. The van der Waals surface area contributed by atoms with Gasteiger partial charge < -0.3 is 15.7 Å². The highest BCUT2D eigenvalue weighted by Gasteiger charge is 2.14. The number of carbonyl (C=O) groups excluding carboxylic acids is 1. The standard InChI is InChI=1S/C13H26N2O2S/c16-9-1-10-18-11-8-15-13(17)3-2-12-4-6-14-7-5-12/h12,14,16H,1-11H2,(H,15,17). The second-order valence-corrected chi connectivity index (χ2v) is 6.00. The van der Waals surface area contributed by atoms with E-state index in [0.717, 1.165) is 49.9 Å². The molecule has 0 aromatic carbocycles. The smallest absolute Gasteiger partial charge is 0.220 e. The first-order chi connectivity index (χ1) is 8.83. The summed E-state index contributed by atoms with van der Waals surface area (Å²) in [5, 5.41) is 14.9. The first-order valence-electron chi connectivity index (χ1n) is 6.99. The average Bonchev–Trinajstić information content (AvgIpc) is 2.41. The molecule has 1 amide bonds. The molecule has 18 heavy (non-hydrogen) atoms. The van der Waals surface area contributed by atoms with E-state index in [0.29, 0.717) is 6.42 Å². The third-order valence-electron chi connectivity index (χ3n) is 3.25. The summed E-state index contributed by atoms with van der Waals surface area (Å²) in [6.07, 6.45) is 4.97. The number of carbonyl (C=O) groups is 1. The Bertz CT molecular complexity index is 221. The zero-order valence-electron chi connectivity index (χ0n) is 11.1. The Hall–Kier alpha value is -0.260. The molecule has 106 valence electrons. The number of hydrogen-bond acceptors (Lipinski definition) is 4. The van der Waals surface area contributed by atoms with Crippen molar-refractivity contribution in [3.8, 4) is 0 Å². The fraction of sp³-hybridized carbons (Fsp3) is 0.923. The Balaban J connectivity index is 1.90. The number of aliphatic hydroxyl groups is 1. The Kier molecular flexibility index (Phi) is 9.34. The fourth-order valence-electron chi connectivity index (χ4n) is 2.13. The van der Waals surface area contributed by atoms with Crippen LogP contribution in [0, 0.1) is 5.92 Å². The lowest BCUT2D eigenvalue weighted by Gasteiger charge is -2.22. The lowest BCUT2D eigenvalue weighted by atomic mass is 9.93. The Labute approximate surface area is 114 Å². The summed E-state index contributed by atoms with van der Waals surface area (Å²) in [6.45, 7) is 3.22. The fourth-order valence-corrected chi connectivity index (χ4v) is 2.91. The summed E-state index contributed by atoms with van der Waals surface area (Å²) in [4.78, 5) is 11.6. The molecular formula is C13H26N2O2S. The van der Waals surface area contributed by atoms with Gasteiger partial charge in [0.15, 0.2) is 0 Å². The van der Waals surface area contributed by atoms with Crippen molar-refractivity contribution >= 4 is 17.7 Å². The molecule has 1 aliphatic heterocycles. The number of aliphatic hydroxyl groups excluding tert-OH is 1.